The SMILES string of the molecule is c1ccc(-c2ccc(N(c3ccc(-c4ccccc4)cc3)c3ccc(-c4cc5ccccc5c5ccccc45)cc3-c3ccc4ccc5ccccc5c4c3)cc2)cc1. The number of rotatable bonds is 7. The molecule has 0 fully saturated rings. The standard InChI is InChI=1S/C58H39N/c1-3-13-40(14-4-1)42-27-32-49(33-28-42)59(50-34-29-43(30-35-50)41-15-5-2-6-16-41)58-36-31-47(56-37-46-18-8-10-20-52(46)53-21-11-12-22-54(53)56)39-57(58)48-26-25-45-24-23-44-17-7-9-19-51(44)55(45)38-48/h1-39H. The topological polar surface area (TPSA) is 3.24 Å². The quantitative estimate of drug-likeness (QED) is 0.147. The fourth-order valence-corrected chi connectivity index (χ4v) is 8.89. The van der Waals surface area contributed by atoms with Crippen molar-refractivity contribution in [1.82, 2.24) is 0 Å². The van der Waals surface area contributed by atoms with Crippen LogP contribution in [0, 0.1) is 0 Å². The molecule has 0 heterocycles. The minimum absolute atomic E-state index is 1.09. The zero-order chi connectivity index (χ0) is 39.1. The van der Waals surface area contributed by atoms with Crippen LogP contribution in [0.3, 0.4) is 0 Å². The Labute approximate surface area is 344 Å². The molecule has 0 saturated carbocycles. The lowest BCUT2D eigenvalue weighted by Crippen LogP contribution is -2.11. The summed E-state index contributed by atoms with van der Waals surface area (Å²) in [7, 11) is 0. The lowest BCUT2D eigenvalue weighted by Gasteiger charge is -2.29. The van der Waals surface area contributed by atoms with E-state index in [1.54, 1.807) is 0 Å². The maximum absolute atomic E-state index is 2.43. The van der Waals surface area contributed by atoms with Crippen molar-refractivity contribution < 1.29 is 0 Å². The van der Waals surface area contributed by atoms with Gasteiger partial charge >= 0.3 is 0 Å². The Kier molecular flexibility index (Phi) is 8.56. The van der Waals surface area contributed by atoms with Gasteiger partial charge in [0.1, 0.15) is 0 Å². The third-order valence-electron chi connectivity index (χ3n) is 11.8. The molecule has 0 N–H and O–H groups in total. The van der Waals surface area contributed by atoms with E-state index >= 15 is 0 Å². The summed E-state index contributed by atoms with van der Waals surface area (Å²) in [6, 6.07) is 86.4. The third-order valence-corrected chi connectivity index (χ3v) is 11.8. The van der Waals surface area contributed by atoms with Crippen molar-refractivity contribution in [1.29, 1.82) is 0 Å². The van der Waals surface area contributed by atoms with Crippen LogP contribution < -0.4 is 4.90 Å². The molecule has 11 rings (SSSR count). The molecule has 11 aromatic carbocycles. The van der Waals surface area contributed by atoms with Crippen molar-refractivity contribution in [2.75, 3.05) is 4.90 Å². The molecule has 0 bridgehead atoms. The first-order valence-electron chi connectivity index (χ1n) is 20.3. The predicted octanol–water partition coefficient (Wildman–Crippen LogP) is 16.4. The van der Waals surface area contributed by atoms with Crippen LogP contribution in [0.25, 0.3) is 87.6 Å². The Balaban J connectivity index is 1.16. The molecule has 0 aliphatic heterocycles. The largest absolute Gasteiger partial charge is 0.310 e. The summed E-state index contributed by atoms with van der Waals surface area (Å²) < 4.78 is 0. The molecule has 59 heavy (non-hydrogen) atoms. The van der Waals surface area contributed by atoms with E-state index < -0.39 is 0 Å². The van der Waals surface area contributed by atoms with Crippen molar-refractivity contribution >= 4 is 60.2 Å². The van der Waals surface area contributed by atoms with Crippen molar-refractivity contribution in [3.05, 3.63) is 237 Å². The number of fused-ring (bicyclic) bond motifs is 6. The average Bonchev–Trinajstić information content (AvgIpc) is 3.32. The highest BCUT2D eigenvalue weighted by Gasteiger charge is 2.20. The van der Waals surface area contributed by atoms with E-state index in [0.717, 1.165) is 22.6 Å². The highest BCUT2D eigenvalue weighted by atomic mass is 15.1. The van der Waals surface area contributed by atoms with E-state index in [9.17, 15) is 0 Å². The Bertz CT molecular complexity index is 3210. The summed E-state index contributed by atoms with van der Waals surface area (Å²) in [5, 5.41) is 10.0. The highest BCUT2D eigenvalue weighted by molar-refractivity contribution is 6.14. The van der Waals surface area contributed by atoms with Crippen LogP contribution in [0.2, 0.25) is 0 Å². The fraction of sp³-hybridized carbons (Fsp3) is 0. The molecular formula is C58H39N. The molecule has 0 atom stereocenters. The zero-order valence-electron chi connectivity index (χ0n) is 32.5. The van der Waals surface area contributed by atoms with Crippen LogP contribution in [0.15, 0.2) is 237 Å². The average molecular weight is 750 g/mol. The van der Waals surface area contributed by atoms with Gasteiger partial charge in [-0.15, -0.1) is 0 Å². The summed E-state index contributed by atoms with van der Waals surface area (Å²) >= 11 is 0. The van der Waals surface area contributed by atoms with Gasteiger partial charge in [0.15, 0.2) is 0 Å². The molecule has 0 aliphatic carbocycles. The molecule has 0 amide bonds. The molecule has 0 aliphatic rings. The first-order valence-corrected chi connectivity index (χ1v) is 20.3. The second-order valence-electron chi connectivity index (χ2n) is 15.3. The van der Waals surface area contributed by atoms with Gasteiger partial charge in [0.2, 0.25) is 0 Å². The molecule has 0 unspecified atom stereocenters. The van der Waals surface area contributed by atoms with Crippen LogP contribution in [0.5, 0.6) is 0 Å². The van der Waals surface area contributed by atoms with Gasteiger partial charge in [-0.3, -0.25) is 0 Å². The Morgan fingerprint density at radius 2 is 0.644 bits per heavy atom. The van der Waals surface area contributed by atoms with Gasteiger partial charge in [0.05, 0.1) is 5.69 Å². The molecule has 1 heteroatoms. The predicted molar refractivity (Wildman–Crippen MR) is 253 cm³/mol. The third kappa shape index (κ3) is 6.30. The smallest absolute Gasteiger partial charge is 0.0540 e. The number of hydrogen-bond acceptors (Lipinski definition) is 1. The minimum atomic E-state index is 1.09. The van der Waals surface area contributed by atoms with Gasteiger partial charge in [0.25, 0.3) is 0 Å². The summed E-state index contributed by atoms with van der Waals surface area (Å²) in [4.78, 5) is 2.43. The molecule has 0 saturated heterocycles. The molecule has 1 nitrogen and oxygen atoms in total. The monoisotopic (exact) mass is 749 g/mol. The van der Waals surface area contributed by atoms with Crippen LogP contribution >= 0.6 is 0 Å². The van der Waals surface area contributed by atoms with Gasteiger partial charge in [-0.1, -0.05) is 188 Å². The van der Waals surface area contributed by atoms with Crippen molar-refractivity contribution in [2.24, 2.45) is 0 Å². The first kappa shape index (κ1) is 34.5. The first-order chi connectivity index (χ1) is 29.2. The van der Waals surface area contributed by atoms with Crippen molar-refractivity contribution in [3.8, 4) is 44.5 Å². The van der Waals surface area contributed by atoms with Gasteiger partial charge in [-0.25, -0.2) is 0 Å². The normalized spacial score (nSPS) is 11.4. The highest BCUT2D eigenvalue weighted by Crippen LogP contribution is 2.46. The van der Waals surface area contributed by atoms with Gasteiger partial charge in [-0.2, -0.15) is 0 Å². The van der Waals surface area contributed by atoms with E-state index in [4.69, 9.17) is 0 Å². The van der Waals surface area contributed by atoms with Crippen LogP contribution in [-0.4, -0.2) is 0 Å². The second-order valence-corrected chi connectivity index (χ2v) is 15.3. The lowest BCUT2D eigenvalue weighted by atomic mass is 9.90. The van der Waals surface area contributed by atoms with E-state index in [1.165, 1.54) is 82.0 Å². The maximum Gasteiger partial charge on any atom is 0.0540 e. The molecule has 0 aromatic heterocycles. The Morgan fingerprint density at radius 3 is 1.27 bits per heavy atom. The number of benzene rings is 11. The minimum Gasteiger partial charge on any atom is -0.310 e. The maximum atomic E-state index is 2.43. The van der Waals surface area contributed by atoms with Gasteiger partial charge in [0, 0.05) is 16.9 Å². The zero-order valence-corrected chi connectivity index (χ0v) is 32.5. The van der Waals surface area contributed by atoms with Gasteiger partial charge < -0.3 is 4.90 Å². The molecular weight excluding hydrogens is 711 g/mol. The van der Waals surface area contributed by atoms with Crippen LogP contribution in [-0.2, 0) is 0 Å². The van der Waals surface area contributed by atoms with Crippen LogP contribution in [0.1, 0.15) is 0 Å². The van der Waals surface area contributed by atoms with Crippen molar-refractivity contribution in [3.63, 3.8) is 0 Å². The summed E-state index contributed by atoms with van der Waals surface area (Å²) in [5.41, 5.74) is 12.8. The summed E-state index contributed by atoms with van der Waals surface area (Å²) in [6.07, 6.45) is 0. The van der Waals surface area contributed by atoms with Crippen molar-refractivity contribution in [2.45, 2.75) is 0 Å². The molecule has 0 spiro atoms. The summed E-state index contributed by atoms with van der Waals surface area (Å²) in [6.45, 7) is 0. The number of hydrogen-bond donors (Lipinski definition) is 0. The van der Waals surface area contributed by atoms with E-state index in [-0.39, 0.29) is 0 Å². The Hall–Kier alpha value is -7.74. The van der Waals surface area contributed by atoms with E-state index in [0.29, 0.717) is 0 Å². The van der Waals surface area contributed by atoms with E-state index in [1.807, 2.05) is 0 Å². The fourth-order valence-electron chi connectivity index (χ4n) is 8.89. The number of nitrogens with zero attached hydrogens (tertiary/aromatic N) is 1. The molecule has 276 valence electrons. The molecule has 11 aromatic rings. The summed E-state index contributed by atoms with van der Waals surface area (Å²) in [5.74, 6) is 0. The van der Waals surface area contributed by atoms with E-state index in [2.05, 4.69) is 241 Å². The lowest BCUT2D eigenvalue weighted by molar-refractivity contribution is 1.28. The van der Waals surface area contributed by atoms with Crippen LogP contribution in [0.4, 0.5) is 17.1 Å². The Morgan fingerprint density at radius 1 is 0.220 bits per heavy atom. The molecule has 0 radical (unpaired) electrons. The second kappa shape index (κ2) is 14.6. The van der Waals surface area contributed by atoms with Gasteiger partial charge in [-0.05, 0) is 131 Å². The number of anilines is 3.